The molecule has 0 spiro atoms. The summed E-state index contributed by atoms with van der Waals surface area (Å²) < 4.78 is 2.28. The molecule has 2 aromatic rings. The summed E-state index contributed by atoms with van der Waals surface area (Å²) in [6.07, 6.45) is 14.6. The van der Waals surface area contributed by atoms with Gasteiger partial charge in [-0.15, -0.1) is 0 Å². The number of benzene rings is 2. The maximum atomic E-state index is 11.3. The van der Waals surface area contributed by atoms with Crippen LogP contribution in [0.25, 0.3) is 0 Å². The van der Waals surface area contributed by atoms with Crippen LogP contribution >= 0.6 is 11.6 Å². The maximum Gasteiger partial charge on any atom is 0.209 e. The van der Waals surface area contributed by atoms with Crippen molar-refractivity contribution in [1.29, 1.82) is 0 Å². The standard InChI is InChI=1S/C36H40ClN2O2/c1-35(2)28-14-5-7-16-30(28)38(22-10-24-40)32(35)20-18-26-12-9-13-27(34(26)37)19-21-33-36(3,4)29-15-6-8-17-31(29)39(33)23-11-25-41/h5-8,14-21,24-25H,9-13,22-23H2,1-4H3/q+1. The van der Waals surface area contributed by atoms with Crippen LogP contribution in [-0.2, 0) is 20.4 Å². The lowest BCUT2D eigenvalue weighted by Crippen LogP contribution is -2.28. The zero-order valence-corrected chi connectivity index (χ0v) is 25.4. The number of para-hydroxylation sites is 2. The molecule has 2 aliphatic heterocycles. The third-order valence-electron chi connectivity index (χ3n) is 8.88. The Balaban J connectivity index is 1.49. The molecule has 0 saturated carbocycles. The second-order valence-corrected chi connectivity index (χ2v) is 12.5. The van der Waals surface area contributed by atoms with Gasteiger partial charge in [-0.05, 0) is 62.0 Å². The predicted octanol–water partition coefficient (Wildman–Crippen LogP) is 8.08. The van der Waals surface area contributed by atoms with Crippen LogP contribution in [0.15, 0.2) is 94.7 Å². The number of hydrogen-bond donors (Lipinski definition) is 0. The van der Waals surface area contributed by atoms with E-state index < -0.39 is 0 Å². The van der Waals surface area contributed by atoms with E-state index in [0.29, 0.717) is 25.9 Å². The Hall–Kier alpha value is -3.50. The molecular weight excluding hydrogens is 528 g/mol. The van der Waals surface area contributed by atoms with Crippen LogP contribution in [0.3, 0.4) is 0 Å². The van der Waals surface area contributed by atoms with Gasteiger partial charge in [0.2, 0.25) is 5.69 Å². The largest absolute Gasteiger partial charge is 0.344 e. The molecule has 2 aromatic carbocycles. The van der Waals surface area contributed by atoms with E-state index in [2.05, 4.69) is 110 Å². The van der Waals surface area contributed by atoms with Crippen molar-refractivity contribution in [2.75, 3.05) is 18.0 Å². The van der Waals surface area contributed by atoms with Crippen LogP contribution in [0.1, 0.15) is 70.9 Å². The van der Waals surface area contributed by atoms with Crippen LogP contribution in [0.5, 0.6) is 0 Å². The van der Waals surface area contributed by atoms with Gasteiger partial charge in [-0.2, -0.15) is 4.58 Å². The van der Waals surface area contributed by atoms with Crippen molar-refractivity contribution in [2.24, 2.45) is 0 Å². The third-order valence-corrected chi connectivity index (χ3v) is 9.37. The maximum absolute atomic E-state index is 11.3. The van der Waals surface area contributed by atoms with Crippen molar-refractivity contribution in [3.63, 3.8) is 0 Å². The van der Waals surface area contributed by atoms with E-state index in [1.165, 1.54) is 33.9 Å². The molecule has 3 aliphatic rings. The number of anilines is 1. The zero-order chi connectivity index (χ0) is 29.2. The molecule has 1 aliphatic carbocycles. The summed E-state index contributed by atoms with van der Waals surface area (Å²) in [5.74, 6) is 0. The lowest BCUT2D eigenvalue weighted by atomic mass is 9.81. The first-order chi connectivity index (χ1) is 19.7. The molecule has 5 heteroatoms. The fourth-order valence-corrected chi connectivity index (χ4v) is 7.01. The van der Waals surface area contributed by atoms with Crippen molar-refractivity contribution in [2.45, 2.75) is 70.6 Å². The van der Waals surface area contributed by atoms with Crippen LogP contribution in [0.4, 0.5) is 11.4 Å². The highest BCUT2D eigenvalue weighted by molar-refractivity contribution is 6.32. The molecule has 212 valence electrons. The molecule has 0 radical (unpaired) electrons. The lowest BCUT2D eigenvalue weighted by Gasteiger charge is -2.27. The minimum Gasteiger partial charge on any atom is -0.344 e. The van der Waals surface area contributed by atoms with E-state index in [4.69, 9.17) is 11.6 Å². The Morgan fingerprint density at radius 3 is 2.32 bits per heavy atom. The van der Waals surface area contributed by atoms with Gasteiger partial charge in [0.25, 0.3) is 0 Å². The molecular formula is C36H40ClN2O2+. The van der Waals surface area contributed by atoms with Gasteiger partial charge in [-0.25, -0.2) is 0 Å². The Morgan fingerprint density at radius 1 is 0.854 bits per heavy atom. The summed E-state index contributed by atoms with van der Waals surface area (Å²) in [6.45, 7) is 10.3. The van der Waals surface area contributed by atoms with Crippen LogP contribution in [-0.4, -0.2) is 35.9 Å². The minimum atomic E-state index is -0.172. The molecule has 2 heterocycles. The van der Waals surface area contributed by atoms with Crippen molar-refractivity contribution in [3.05, 3.63) is 106 Å². The fraction of sp³-hybridized carbons (Fsp3) is 0.361. The molecule has 0 amide bonds. The van der Waals surface area contributed by atoms with Gasteiger partial charge in [-0.3, -0.25) is 0 Å². The first kappa shape index (κ1) is 29.0. The Kier molecular flexibility index (Phi) is 8.33. The number of allylic oxidation sites excluding steroid dienone is 8. The summed E-state index contributed by atoms with van der Waals surface area (Å²) in [4.78, 5) is 24.8. The summed E-state index contributed by atoms with van der Waals surface area (Å²) in [7, 11) is 0. The van der Waals surface area contributed by atoms with Gasteiger partial charge in [0.1, 0.15) is 12.6 Å². The van der Waals surface area contributed by atoms with Crippen molar-refractivity contribution in [3.8, 4) is 0 Å². The van der Waals surface area contributed by atoms with Crippen molar-refractivity contribution in [1.82, 2.24) is 0 Å². The number of aldehydes is 2. The number of carbonyl (C=O) groups excluding carboxylic acids is 2. The Labute approximate surface area is 249 Å². The van der Waals surface area contributed by atoms with Gasteiger partial charge < -0.3 is 14.5 Å². The summed E-state index contributed by atoms with van der Waals surface area (Å²) in [5, 5.41) is 0.825. The van der Waals surface area contributed by atoms with Gasteiger partial charge in [0.15, 0.2) is 12.3 Å². The van der Waals surface area contributed by atoms with E-state index in [0.717, 1.165) is 48.0 Å². The monoisotopic (exact) mass is 567 g/mol. The normalized spacial score (nSPS) is 21.2. The Bertz CT molecular complexity index is 1520. The summed E-state index contributed by atoms with van der Waals surface area (Å²) >= 11 is 7.08. The van der Waals surface area contributed by atoms with E-state index in [-0.39, 0.29) is 10.8 Å². The molecule has 0 N–H and O–H groups in total. The van der Waals surface area contributed by atoms with E-state index in [1.807, 2.05) is 0 Å². The van der Waals surface area contributed by atoms with Crippen LogP contribution in [0, 0.1) is 0 Å². The van der Waals surface area contributed by atoms with Crippen LogP contribution in [0.2, 0.25) is 0 Å². The van der Waals surface area contributed by atoms with E-state index in [9.17, 15) is 9.59 Å². The van der Waals surface area contributed by atoms with Gasteiger partial charge >= 0.3 is 0 Å². The molecule has 41 heavy (non-hydrogen) atoms. The second kappa shape index (κ2) is 11.8. The number of nitrogens with zero attached hydrogens (tertiary/aromatic N) is 2. The fourth-order valence-electron chi connectivity index (χ4n) is 6.69. The molecule has 0 fully saturated rings. The number of fused-ring (bicyclic) bond motifs is 2. The van der Waals surface area contributed by atoms with Crippen LogP contribution < -0.4 is 4.90 Å². The van der Waals surface area contributed by atoms with Crippen molar-refractivity contribution >= 4 is 41.3 Å². The topological polar surface area (TPSA) is 40.4 Å². The minimum absolute atomic E-state index is 0.172. The number of carbonyl (C=O) groups is 2. The molecule has 0 bridgehead atoms. The quantitative estimate of drug-likeness (QED) is 0.227. The average Bonchev–Trinajstić information content (AvgIpc) is 3.32. The number of halogens is 1. The highest BCUT2D eigenvalue weighted by Crippen LogP contribution is 2.48. The van der Waals surface area contributed by atoms with Gasteiger partial charge in [0, 0.05) is 52.5 Å². The smallest absolute Gasteiger partial charge is 0.209 e. The zero-order valence-electron chi connectivity index (χ0n) is 24.6. The summed E-state index contributed by atoms with van der Waals surface area (Å²) in [6, 6.07) is 17.0. The number of hydrogen-bond acceptors (Lipinski definition) is 3. The molecule has 5 rings (SSSR count). The first-order valence-electron chi connectivity index (χ1n) is 14.7. The molecule has 0 saturated heterocycles. The van der Waals surface area contributed by atoms with E-state index >= 15 is 0 Å². The average molecular weight is 568 g/mol. The molecule has 0 aromatic heterocycles. The first-order valence-corrected chi connectivity index (χ1v) is 15.1. The predicted molar refractivity (Wildman–Crippen MR) is 169 cm³/mol. The molecule has 0 unspecified atom stereocenters. The van der Waals surface area contributed by atoms with Crippen molar-refractivity contribution < 1.29 is 14.2 Å². The third kappa shape index (κ3) is 5.30. The molecule has 0 atom stereocenters. The van der Waals surface area contributed by atoms with E-state index in [1.54, 1.807) is 0 Å². The summed E-state index contributed by atoms with van der Waals surface area (Å²) in [5.41, 5.74) is 9.22. The molecule has 4 nitrogen and oxygen atoms in total. The lowest BCUT2D eigenvalue weighted by molar-refractivity contribution is -0.436. The van der Waals surface area contributed by atoms with Gasteiger partial charge in [-0.1, -0.05) is 74.0 Å². The highest BCUT2D eigenvalue weighted by Gasteiger charge is 2.44. The Morgan fingerprint density at radius 2 is 1.56 bits per heavy atom. The SMILES string of the molecule is CC1(C)C(/C=C/C2=C(Cl)C(=C/C=C3/N(CCC=O)c4ccccc4C3(C)C)/CCC2)=[N+](CCC=O)c2ccccc21. The van der Waals surface area contributed by atoms with Gasteiger partial charge in [0.05, 0.1) is 11.8 Å². The highest BCUT2D eigenvalue weighted by atomic mass is 35.5. The second-order valence-electron chi connectivity index (χ2n) is 12.2. The number of rotatable bonds is 9.